The Hall–Kier alpha value is -0.770. The minimum atomic E-state index is 0.0218. The molecule has 0 aromatic rings. The minimum absolute atomic E-state index is 0.0218. The second kappa shape index (κ2) is 6.74. The maximum Gasteiger partial charge on any atom is 0.317 e. The van der Waals surface area contributed by atoms with Gasteiger partial charge in [-0.1, -0.05) is 6.42 Å². The Bertz CT molecular complexity index is 217. The van der Waals surface area contributed by atoms with E-state index in [1.807, 2.05) is 13.8 Å². The van der Waals surface area contributed by atoms with E-state index in [0.717, 1.165) is 25.9 Å². The van der Waals surface area contributed by atoms with Gasteiger partial charge in [-0.15, -0.1) is 0 Å². The second-order valence-corrected chi connectivity index (χ2v) is 4.49. The molecule has 2 N–H and O–H groups in total. The summed E-state index contributed by atoms with van der Waals surface area (Å²) in [4.78, 5) is 13.5. The van der Waals surface area contributed by atoms with Crippen LogP contribution in [0.5, 0.6) is 0 Å². The number of aliphatic hydroxyl groups is 1. The van der Waals surface area contributed by atoms with Crippen molar-refractivity contribution in [3.8, 4) is 0 Å². The van der Waals surface area contributed by atoms with Crippen LogP contribution < -0.4 is 5.32 Å². The molecule has 0 heterocycles. The highest BCUT2D eigenvalue weighted by Crippen LogP contribution is 2.30. The first-order valence-electron chi connectivity index (χ1n) is 6.36. The van der Waals surface area contributed by atoms with Crippen molar-refractivity contribution < 1.29 is 9.90 Å². The molecule has 0 radical (unpaired) electrons. The summed E-state index contributed by atoms with van der Waals surface area (Å²) in [6, 6.07) is 0.0218. The molecule has 0 bridgehead atoms. The monoisotopic (exact) mass is 228 g/mol. The lowest BCUT2D eigenvalue weighted by atomic mass is 9.97. The van der Waals surface area contributed by atoms with Crippen LogP contribution in [-0.4, -0.2) is 42.3 Å². The van der Waals surface area contributed by atoms with Crippen molar-refractivity contribution in [1.29, 1.82) is 0 Å². The molecule has 0 saturated heterocycles. The van der Waals surface area contributed by atoms with Crippen molar-refractivity contribution >= 4 is 6.03 Å². The molecule has 0 aromatic heterocycles. The van der Waals surface area contributed by atoms with Gasteiger partial charge in [-0.3, -0.25) is 0 Å². The van der Waals surface area contributed by atoms with Crippen LogP contribution in [0, 0.1) is 11.8 Å². The van der Waals surface area contributed by atoms with Gasteiger partial charge in [0, 0.05) is 26.2 Å². The van der Waals surface area contributed by atoms with Crippen molar-refractivity contribution in [2.45, 2.75) is 33.1 Å². The standard InChI is InChI=1S/C12H24N2O2/c1-3-14(4-2)12(16)13-8-10-6-5-7-11(10)9-15/h10-11,15H,3-9H2,1-2H3,(H,13,16). The molecule has 1 aliphatic carbocycles. The average Bonchev–Trinajstić information content (AvgIpc) is 2.75. The molecule has 4 heteroatoms. The van der Waals surface area contributed by atoms with E-state index < -0.39 is 0 Å². The molecule has 1 rings (SSSR count). The van der Waals surface area contributed by atoms with Crippen molar-refractivity contribution in [3.05, 3.63) is 0 Å². The summed E-state index contributed by atoms with van der Waals surface area (Å²) in [6.45, 7) is 6.42. The Morgan fingerprint density at radius 3 is 2.50 bits per heavy atom. The maximum absolute atomic E-state index is 11.7. The van der Waals surface area contributed by atoms with Crippen LogP contribution in [0.25, 0.3) is 0 Å². The molecule has 1 fully saturated rings. The number of nitrogens with one attached hydrogen (secondary N) is 1. The van der Waals surface area contributed by atoms with Gasteiger partial charge in [-0.25, -0.2) is 4.79 Å². The van der Waals surface area contributed by atoms with E-state index in [1.54, 1.807) is 4.90 Å². The Kier molecular flexibility index (Phi) is 5.60. The lowest BCUT2D eigenvalue weighted by Crippen LogP contribution is -2.42. The van der Waals surface area contributed by atoms with Crippen LogP contribution in [0.2, 0.25) is 0 Å². The van der Waals surface area contributed by atoms with Gasteiger partial charge in [0.15, 0.2) is 0 Å². The fraction of sp³-hybridized carbons (Fsp3) is 0.917. The fourth-order valence-electron chi connectivity index (χ4n) is 2.46. The highest BCUT2D eigenvalue weighted by Gasteiger charge is 2.26. The smallest absolute Gasteiger partial charge is 0.317 e. The van der Waals surface area contributed by atoms with Gasteiger partial charge in [0.05, 0.1) is 0 Å². The molecular formula is C12H24N2O2. The zero-order valence-electron chi connectivity index (χ0n) is 10.4. The van der Waals surface area contributed by atoms with Crippen LogP contribution >= 0.6 is 0 Å². The molecular weight excluding hydrogens is 204 g/mol. The molecule has 2 atom stereocenters. The number of nitrogens with zero attached hydrogens (tertiary/aromatic N) is 1. The van der Waals surface area contributed by atoms with Crippen LogP contribution in [-0.2, 0) is 0 Å². The first kappa shape index (κ1) is 13.3. The van der Waals surface area contributed by atoms with Crippen molar-refractivity contribution in [2.75, 3.05) is 26.2 Å². The summed E-state index contributed by atoms with van der Waals surface area (Å²) in [5.74, 6) is 0.849. The second-order valence-electron chi connectivity index (χ2n) is 4.49. The van der Waals surface area contributed by atoms with Gasteiger partial charge < -0.3 is 15.3 Å². The van der Waals surface area contributed by atoms with E-state index in [0.29, 0.717) is 18.4 Å². The molecule has 94 valence electrons. The average molecular weight is 228 g/mol. The quantitative estimate of drug-likeness (QED) is 0.748. The highest BCUT2D eigenvalue weighted by molar-refractivity contribution is 5.74. The number of urea groups is 1. The Labute approximate surface area is 98.0 Å². The molecule has 0 aliphatic heterocycles. The molecule has 1 saturated carbocycles. The van der Waals surface area contributed by atoms with E-state index in [-0.39, 0.29) is 12.6 Å². The van der Waals surface area contributed by atoms with Crippen LogP contribution in [0.3, 0.4) is 0 Å². The molecule has 16 heavy (non-hydrogen) atoms. The van der Waals surface area contributed by atoms with Crippen molar-refractivity contribution in [3.63, 3.8) is 0 Å². The largest absolute Gasteiger partial charge is 0.396 e. The summed E-state index contributed by atoms with van der Waals surface area (Å²) in [6.07, 6.45) is 3.41. The lowest BCUT2D eigenvalue weighted by Gasteiger charge is -2.22. The fourth-order valence-corrected chi connectivity index (χ4v) is 2.46. The number of hydrogen-bond donors (Lipinski definition) is 2. The molecule has 2 unspecified atom stereocenters. The van der Waals surface area contributed by atoms with Crippen molar-refractivity contribution in [1.82, 2.24) is 10.2 Å². The minimum Gasteiger partial charge on any atom is -0.396 e. The summed E-state index contributed by atoms with van der Waals surface area (Å²) < 4.78 is 0. The number of hydrogen-bond acceptors (Lipinski definition) is 2. The van der Waals surface area contributed by atoms with E-state index >= 15 is 0 Å². The molecule has 0 aromatic carbocycles. The van der Waals surface area contributed by atoms with Gasteiger partial charge in [0.2, 0.25) is 0 Å². The normalized spacial score (nSPS) is 24.4. The summed E-state index contributed by atoms with van der Waals surface area (Å²) >= 11 is 0. The summed E-state index contributed by atoms with van der Waals surface area (Å²) in [5, 5.41) is 12.1. The topological polar surface area (TPSA) is 52.6 Å². The third kappa shape index (κ3) is 3.37. The number of carbonyl (C=O) groups excluding carboxylic acids is 1. The third-order valence-electron chi connectivity index (χ3n) is 3.62. The first-order chi connectivity index (χ1) is 7.72. The Morgan fingerprint density at radius 1 is 1.31 bits per heavy atom. The number of carbonyl (C=O) groups is 1. The molecule has 4 nitrogen and oxygen atoms in total. The number of rotatable bonds is 5. The van der Waals surface area contributed by atoms with E-state index in [1.165, 1.54) is 6.42 Å². The summed E-state index contributed by atoms with van der Waals surface area (Å²) in [7, 11) is 0. The zero-order valence-corrected chi connectivity index (χ0v) is 10.4. The Balaban J connectivity index is 2.30. The van der Waals surface area contributed by atoms with Crippen molar-refractivity contribution in [2.24, 2.45) is 11.8 Å². The van der Waals surface area contributed by atoms with E-state index in [9.17, 15) is 9.90 Å². The van der Waals surface area contributed by atoms with E-state index in [2.05, 4.69) is 5.32 Å². The molecule has 2 amide bonds. The van der Waals surface area contributed by atoms with Gasteiger partial charge >= 0.3 is 6.03 Å². The van der Waals surface area contributed by atoms with Crippen LogP contribution in [0.1, 0.15) is 33.1 Å². The highest BCUT2D eigenvalue weighted by atomic mass is 16.3. The van der Waals surface area contributed by atoms with Gasteiger partial charge in [-0.2, -0.15) is 0 Å². The lowest BCUT2D eigenvalue weighted by molar-refractivity contribution is 0.181. The SMILES string of the molecule is CCN(CC)C(=O)NCC1CCCC1CO. The third-order valence-corrected chi connectivity index (χ3v) is 3.62. The number of aliphatic hydroxyl groups excluding tert-OH is 1. The zero-order chi connectivity index (χ0) is 12.0. The van der Waals surface area contributed by atoms with Gasteiger partial charge in [-0.05, 0) is 38.5 Å². The Morgan fingerprint density at radius 2 is 1.94 bits per heavy atom. The first-order valence-corrected chi connectivity index (χ1v) is 6.36. The van der Waals surface area contributed by atoms with Gasteiger partial charge in [0.1, 0.15) is 0 Å². The van der Waals surface area contributed by atoms with E-state index in [4.69, 9.17) is 0 Å². The maximum atomic E-state index is 11.7. The van der Waals surface area contributed by atoms with Crippen LogP contribution in [0.4, 0.5) is 4.79 Å². The van der Waals surface area contributed by atoms with Crippen LogP contribution in [0.15, 0.2) is 0 Å². The molecule has 1 aliphatic rings. The predicted molar refractivity (Wildman–Crippen MR) is 64.2 cm³/mol. The number of amides is 2. The molecule has 0 spiro atoms. The van der Waals surface area contributed by atoms with Gasteiger partial charge in [0.25, 0.3) is 0 Å². The predicted octanol–water partition coefficient (Wildman–Crippen LogP) is 1.45. The summed E-state index contributed by atoms with van der Waals surface area (Å²) in [5.41, 5.74) is 0.